The van der Waals surface area contributed by atoms with Crippen molar-refractivity contribution in [3.8, 4) is 11.4 Å². The van der Waals surface area contributed by atoms with E-state index in [0.29, 0.717) is 24.7 Å². The number of nitrogens with one attached hydrogen (secondary N) is 2. The highest BCUT2D eigenvalue weighted by atomic mass is 32.2. The number of morpholine rings is 1. The molecule has 1 aromatic carbocycles. The van der Waals surface area contributed by atoms with Gasteiger partial charge in [0, 0.05) is 23.9 Å². The maximum atomic E-state index is 12.1. The van der Waals surface area contributed by atoms with E-state index in [1.54, 1.807) is 0 Å². The number of amides is 2. The SMILES string of the molecule is CSC1(c2cc(N3CCOC[C@@H]3C)nc(-c3ccc(NC(=O)Nc4ncco4)cc3)n2)CC1. The van der Waals surface area contributed by atoms with Crippen molar-refractivity contribution in [1.29, 1.82) is 0 Å². The molecular weight excluding hydrogens is 440 g/mol. The van der Waals surface area contributed by atoms with Gasteiger partial charge in [-0.3, -0.25) is 5.32 Å². The number of carbonyl (C=O) groups is 1. The second kappa shape index (κ2) is 9.03. The molecule has 1 saturated carbocycles. The number of anilines is 3. The molecule has 2 amide bonds. The number of rotatable bonds is 6. The number of aromatic nitrogens is 3. The van der Waals surface area contributed by atoms with Crippen molar-refractivity contribution in [2.24, 2.45) is 0 Å². The molecule has 3 aromatic rings. The minimum absolute atomic E-state index is 0.0848. The Labute approximate surface area is 196 Å². The van der Waals surface area contributed by atoms with Crippen molar-refractivity contribution < 1.29 is 13.9 Å². The molecular formula is C23H26N6O3S. The van der Waals surface area contributed by atoms with Gasteiger partial charge < -0.3 is 19.4 Å². The Balaban J connectivity index is 1.40. The van der Waals surface area contributed by atoms with E-state index in [-0.39, 0.29) is 16.8 Å². The number of hydrogen-bond acceptors (Lipinski definition) is 8. The van der Waals surface area contributed by atoms with E-state index in [4.69, 9.17) is 19.1 Å². The predicted molar refractivity (Wildman–Crippen MR) is 129 cm³/mol. The summed E-state index contributed by atoms with van der Waals surface area (Å²) in [5.74, 6) is 1.64. The smallest absolute Gasteiger partial charge is 0.327 e. The van der Waals surface area contributed by atoms with Gasteiger partial charge in [-0.05, 0) is 50.3 Å². The number of thioether (sulfide) groups is 1. The quantitative estimate of drug-likeness (QED) is 0.552. The Morgan fingerprint density at radius 3 is 2.70 bits per heavy atom. The zero-order valence-corrected chi connectivity index (χ0v) is 19.4. The van der Waals surface area contributed by atoms with Crippen LogP contribution in [0.1, 0.15) is 25.5 Å². The summed E-state index contributed by atoms with van der Waals surface area (Å²) < 4.78 is 10.7. The van der Waals surface area contributed by atoms with Crippen molar-refractivity contribution in [1.82, 2.24) is 15.0 Å². The van der Waals surface area contributed by atoms with Crippen LogP contribution < -0.4 is 15.5 Å². The molecule has 2 N–H and O–H groups in total. The van der Waals surface area contributed by atoms with Crippen LogP contribution in [-0.4, -0.2) is 53.0 Å². The summed E-state index contributed by atoms with van der Waals surface area (Å²) in [5.41, 5.74) is 2.62. The molecule has 1 saturated heterocycles. The van der Waals surface area contributed by atoms with Gasteiger partial charge in [0.1, 0.15) is 12.1 Å². The van der Waals surface area contributed by atoms with Gasteiger partial charge in [-0.2, -0.15) is 11.8 Å². The Kier molecular flexibility index (Phi) is 5.94. The van der Waals surface area contributed by atoms with E-state index in [0.717, 1.165) is 36.5 Å². The molecule has 2 aliphatic rings. The molecule has 0 unspecified atom stereocenters. The van der Waals surface area contributed by atoms with Gasteiger partial charge in [0.15, 0.2) is 5.82 Å². The lowest BCUT2D eigenvalue weighted by Gasteiger charge is -2.34. The number of hydrogen-bond donors (Lipinski definition) is 2. The van der Waals surface area contributed by atoms with Crippen LogP contribution in [0.25, 0.3) is 11.4 Å². The Bertz CT molecular complexity index is 1120. The summed E-state index contributed by atoms with van der Waals surface area (Å²) in [6.45, 7) is 4.36. The van der Waals surface area contributed by atoms with E-state index in [1.165, 1.54) is 12.5 Å². The molecule has 0 bridgehead atoms. The zero-order valence-electron chi connectivity index (χ0n) is 18.6. The molecule has 0 radical (unpaired) electrons. The van der Waals surface area contributed by atoms with E-state index in [9.17, 15) is 4.79 Å². The van der Waals surface area contributed by atoms with Gasteiger partial charge in [0.25, 0.3) is 0 Å². The molecule has 1 aliphatic carbocycles. The molecule has 9 nitrogen and oxygen atoms in total. The molecule has 1 aliphatic heterocycles. The average Bonchev–Trinajstić information content (AvgIpc) is 3.48. The van der Waals surface area contributed by atoms with Gasteiger partial charge in [-0.15, -0.1) is 0 Å². The van der Waals surface area contributed by atoms with Crippen LogP contribution in [0.4, 0.5) is 22.3 Å². The highest BCUT2D eigenvalue weighted by Crippen LogP contribution is 2.55. The summed E-state index contributed by atoms with van der Waals surface area (Å²) in [6.07, 6.45) is 7.27. The third kappa shape index (κ3) is 4.67. The first-order chi connectivity index (χ1) is 16.1. The lowest BCUT2D eigenvalue weighted by Crippen LogP contribution is -2.44. The van der Waals surface area contributed by atoms with Gasteiger partial charge in [0.05, 0.1) is 35.9 Å². The van der Waals surface area contributed by atoms with Crippen molar-refractivity contribution in [3.05, 3.63) is 48.5 Å². The fourth-order valence-electron chi connectivity index (χ4n) is 3.94. The molecule has 2 aromatic heterocycles. The van der Waals surface area contributed by atoms with Gasteiger partial charge in [0.2, 0.25) is 0 Å². The van der Waals surface area contributed by atoms with E-state index in [1.807, 2.05) is 36.0 Å². The monoisotopic (exact) mass is 466 g/mol. The summed E-state index contributed by atoms with van der Waals surface area (Å²) in [6, 6.07) is 9.63. The zero-order chi connectivity index (χ0) is 22.8. The third-order valence-electron chi connectivity index (χ3n) is 5.99. The van der Waals surface area contributed by atoms with Crippen molar-refractivity contribution in [2.45, 2.75) is 30.6 Å². The largest absolute Gasteiger partial charge is 0.432 e. The van der Waals surface area contributed by atoms with E-state index < -0.39 is 6.03 Å². The van der Waals surface area contributed by atoms with E-state index >= 15 is 0 Å². The van der Waals surface area contributed by atoms with Crippen molar-refractivity contribution >= 4 is 35.3 Å². The maximum absolute atomic E-state index is 12.1. The van der Waals surface area contributed by atoms with Gasteiger partial charge in [-0.25, -0.2) is 19.7 Å². The number of urea groups is 1. The second-order valence-corrected chi connectivity index (χ2v) is 9.43. The Hall–Kier alpha value is -3.11. The molecule has 3 heterocycles. The summed E-state index contributed by atoms with van der Waals surface area (Å²) in [5, 5.41) is 5.30. The highest BCUT2D eigenvalue weighted by molar-refractivity contribution is 7.99. The molecule has 2 fully saturated rings. The standard InChI is InChI=1S/C23H26N6O3S/c1-15-14-31-12-10-29(15)19-13-18(23(33-2)7-8-23)26-20(27-19)16-3-5-17(6-4-16)25-21(30)28-22-24-9-11-32-22/h3-6,9,11,13,15H,7-8,10,12,14H2,1-2H3,(H2,24,25,28,30)/t15-/m0/s1. The van der Waals surface area contributed by atoms with Crippen LogP contribution >= 0.6 is 11.8 Å². The Morgan fingerprint density at radius 2 is 2.03 bits per heavy atom. The lowest BCUT2D eigenvalue weighted by molar-refractivity contribution is 0.0985. The van der Waals surface area contributed by atoms with Crippen LogP contribution in [0, 0.1) is 0 Å². The van der Waals surface area contributed by atoms with Crippen molar-refractivity contribution in [3.63, 3.8) is 0 Å². The number of oxazole rings is 1. The first-order valence-electron chi connectivity index (χ1n) is 10.9. The van der Waals surface area contributed by atoms with Gasteiger partial charge >= 0.3 is 12.0 Å². The number of nitrogens with zero attached hydrogens (tertiary/aromatic N) is 4. The van der Waals surface area contributed by atoms with Crippen LogP contribution in [0.15, 0.2) is 47.2 Å². The highest BCUT2D eigenvalue weighted by Gasteiger charge is 2.45. The average molecular weight is 467 g/mol. The van der Waals surface area contributed by atoms with Crippen LogP contribution in [0.3, 0.4) is 0 Å². The van der Waals surface area contributed by atoms with Crippen LogP contribution in [0.5, 0.6) is 0 Å². The first-order valence-corrected chi connectivity index (χ1v) is 12.2. The van der Waals surface area contributed by atoms with Crippen LogP contribution in [0.2, 0.25) is 0 Å². The fourth-order valence-corrected chi connectivity index (χ4v) is 4.76. The summed E-state index contributed by atoms with van der Waals surface area (Å²) in [7, 11) is 0. The molecule has 1 atom stereocenters. The molecule has 5 rings (SSSR count). The number of benzene rings is 1. The normalized spacial score (nSPS) is 19.2. The molecule has 10 heteroatoms. The summed E-state index contributed by atoms with van der Waals surface area (Å²) >= 11 is 1.86. The summed E-state index contributed by atoms with van der Waals surface area (Å²) in [4.78, 5) is 28.2. The van der Waals surface area contributed by atoms with Crippen molar-refractivity contribution in [2.75, 3.05) is 41.5 Å². The minimum atomic E-state index is -0.428. The maximum Gasteiger partial charge on any atom is 0.327 e. The fraction of sp³-hybridized carbons (Fsp3) is 0.391. The van der Waals surface area contributed by atoms with Crippen LogP contribution in [-0.2, 0) is 9.48 Å². The number of ether oxygens (including phenoxy) is 1. The minimum Gasteiger partial charge on any atom is -0.432 e. The molecule has 172 valence electrons. The lowest BCUT2D eigenvalue weighted by atomic mass is 10.1. The molecule has 0 spiro atoms. The van der Waals surface area contributed by atoms with Gasteiger partial charge in [-0.1, -0.05) is 0 Å². The topological polar surface area (TPSA) is 105 Å². The Morgan fingerprint density at radius 1 is 1.21 bits per heavy atom. The third-order valence-corrected chi connectivity index (χ3v) is 7.39. The first kappa shape index (κ1) is 21.7. The second-order valence-electron chi connectivity index (χ2n) is 8.24. The molecule has 33 heavy (non-hydrogen) atoms. The van der Waals surface area contributed by atoms with E-state index in [2.05, 4.69) is 39.8 Å². The number of carbonyl (C=O) groups excluding carboxylic acids is 1. The predicted octanol–water partition coefficient (Wildman–Crippen LogP) is 4.35.